The zero-order valence-corrected chi connectivity index (χ0v) is 12.5. The number of anilines is 3. The fraction of sp³-hybridized carbons (Fsp3) is 0.167. The molecule has 2 aromatic rings. The normalized spacial score (nSPS) is 11.2. The predicted octanol–water partition coefficient (Wildman–Crippen LogP) is 3.89. The van der Waals surface area contributed by atoms with Crippen molar-refractivity contribution >= 4 is 40.0 Å². The highest BCUT2D eigenvalue weighted by Crippen LogP contribution is 2.30. The third kappa shape index (κ3) is 3.71. The van der Waals surface area contributed by atoms with E-state index in [1.165, 1.54) is 7.05 Å². The van der Waals surface area contributed by atoms with Crippen LogP contribution in [-0.2, 0) is 6.18 Å². The summed E-state index contributed by atoms with van der Waals surface area (Å²) in [6, 6.07) is 8.10. The number of halogens is 4. The molecule has 8 heteroatoms. The van der Waals surface area contributed by atoms with Crippen LogP contribution in [0.4, 0.5) is 30.6 Å². The summed E-state index contributed by atoms with van der Waals surface area (Å²) >= 11 is 2.12. The largest absolute Gasteiger partial charge is 0.433 e. The molecule has 0 radical (unpaired) electrons. The lowest BCUT2D eigenvalue weighted by molar-refractivity contribution is -0.141. The van der Waals surface area contributed by atoms with Crippen molar-refractivity contribution in [2.24, 2.45) is 0 Å². The van der Waals surface area contributed by atoms with Gasteiger partial charge >= 0.3 is 6.18 Å². The summed E-state index contributed by atoms with van der Waals surface area (Å²) in [5, 5.41) is 5.35. The van der Waals surface area contributed by atoms with Crippen LogP contribution in [0, 0.1) is 3.57 Å². The van der Waals surface area contributed by atoms with E-state index in [1.807, 2.05) is 6.07 Å². The van der Waals surface area contributed by atoms with Crippen LogP contribution in [0.25, 0.3) is 0 Å². The number of hydrogen-bond acceptors (Lipinski definition) is 4. The molecule has 0 unspecified atom stereocenters. The molecule has 0 aliphatic carbocycles. The molecule has 0 spiro atoms. The van der Waals surface area contributed by atoms with E-state index in [4.69, 9.17) is 0 Å². The first-order valence-electron chi connectivity index (χ1n) is 5.55. The molecule has 2 N–H and O–H groups in total. The predicted molar refractivity (Wildman–Crippen MR) is 79.0 cm³/mol. The summed E-state index contributed by atoms with van der Waals surface area (Å²) in [5.41, 5.74) is -0.337. The van der Waals surface area contributed by atoms with E-state index in [-0.39, 0.29) is 11.8 Å². The van der Waals surface area contributed by atoms with Gasteiger partial charge in [0.1, 0.15) is 5.82 Å². The highest BCUT2D eigenvalue weighted by atomic mass is 127. The molecule has 0 aliphatic rings. The Morgan fingerprint density at radius 1 is 1.15 bits per heavy atom. The Kier molecular flexibility index (Phi) is 4.31. The molecule has 2 rings (SSSR count). The molecule has 1 heterocycles. The maximum absolute atomic E-state index is 12.7. The van der Waals surface area contributed by atoms with Gasteiger partial charge in [-0.25, -0.2) is 4.98 Å². The zero-order chi connectivity index (χ0) is 14.8. The number of rotatable bonds is 3. The third-order valence-corrected chi connectivity index (χ3v) is 3.01. The molecule has 0 aliphatic heterocycles. The lowest BCUT2D eigenvalue weighted by Crippen LogP contribution is -2.12. The first kappa shape index (κ1) is 14.8. The summed E-state index contributed by atoms with van der Waals surface area (Å²) in [6.45, 7) is 0. The summed E-state index contributed by atoms with van der Waals surface area (Å²) in [5.74, 6) is -0.00775. The van der Waals surface area contributed by atoms with Crippen molar-refractivity contribution in [3.63, 3.8) is 0 Å². The van der Waals surface area contributed by atoms with E-state index in [0.717, 1.165) is 9.64 Å². The third-order valence-electron chi connectivity index (χ3n) is 2.34. The van der Waals surface area contributed by atoms with E-state index in [9.17, 15) is 13.2 Å². The zero-order valence-electron chi connectivity index (χ0n) is 10.3. The smallest absolute Gasteiger partial charge is 0.357 e. The van der Waals surface area contributed by atoms with Gasteiger partial charge in [-0.1, -0.05) is 6.07 Å². The van der Waals surface area contributed by atoms with Gasteiger partial charge in [-0.2, -0.15) is 18.2 Å². The monoisotopic (exact) mass is 394 g/mol. The van der Waals surface area contributed by atoms with E-state index in [1.54, 1.807) is 18.2 Å². The average Bonchev–Trinajstić information content (AvgIpc) is 2.37. The molecule has 20 heavy (non-hydrogen) atoms. The van der Waals surface area contributed by atoms with Crippen LogP contribution in [0.2, 0.25) is 0 Å². The van der Waals surface area contributed by atoms with Crippen molar-refractivity contribution < 1.29 is 13.2 Å². The molecule has 0 fully saturated rings. The number of alkyl halides is 3. The van der Waals surface area contributed by atoms with Crippen LogP contribution in [0.3, 0.4) is 0 Å². The minimum absolute atomic E-state index is 0.0821. The van der Waals surface area contributed by atoms with Gasteiger partial charge in [0.05, 0.1) is 0 Å². The maximum atomic E-state index is 12.7. The minimum atomic E-state index is -4.52. The van der Waals surface area contributed by atoms with Crippen LogP contribution >= 0.6 is 22.6 Å². The lowest BCUT2D eigenvalue weighted by atomic mass is 10.3. The number of hydrogen-bond donors (Lipinski definition) is 2. The summed E-state index contributed by atoms with van der Waals surface area (Å²) in [6.07, 6.45) is -4.52. The van der Waals surface area contributed by atoms with Gasteiger partial charge in [-0.3, -0.25) is 0 Å². The highest BCUT2D eigenvalue weighted by molar-refractivity contribution is 14.1. The van der Waals surface area contributed by atoms with Gasteiger partial charge in [0.2, 0.25) is 5.95 Å². The summed E-state index contributed by atoms with van der Waals surface area (Å²) in [7, 11) is 1.46. The van der Waals surface area contributed by atoms with Gasteiger partial charge in [0.25, 0.3) is 0 Å². The lowest BCUT2D eigenvalue weighted by Gasteiger charge is -2.11. The standard InChI is InChI=1S/C12H10F3IN4/c1-17-11-19-9(12(13,14)15)6-10(20-11)18-8-4-2-3-7(16)5-8/h2-6H,1H3,(H2,17,18,19,20). The average molecular weight is 394 g/mol. The van der Waals surface area contributed by atoms with Crippen LogP contribution in [0.5, 0.6) is 0 Å². The first-order valence-corrected chi connectivity index (χ1v) is 6.63. The van der Waals surface area contributed by atoms with Crippen molar-refractivity contribution in [3.8, 4) is 0 Å². The van der Waals surface area contributed by atoms with Crippen LogP contribution in [0.15, 0.2) is 30.3 Å². The van der Waals surface area contributed by atoms with Crippen molar-refractivity contribution in [3.05, 3.63) is 39.6 Å². The molecular formula is C12H10F3IN4. The molecule has 0 saturated heterocycles. The Morgan fingerprint density at radius 2 is 1.90 bits per heavy atom. The van der Waals surface area contributed by atoms with Gasteiger partial charge in [0, 0.05) is 22.4 Å². The van der Waals surface area contributed by atoms with E-state index >= 15 is 0 Å². The van der Waals surface area contributed by atoms with Crippen molar-refractivity contribution in [1.29, 1.82) is 0 Å². The summed E-state index contributed by atoms with van der Waals surface area (Å²) < 4.78 is 39.2. The topological polar surface area (TPSA) is 49.8 Å². The van der Waals surface area contributed by atoms with E-state index in [2.05, 4.69) is 43.2 Å². The van der Waals surface area contributed by atoms with Gasteiger partial charge in [-0.15, -0.1) is 0 Å². The number of benzene rings is 1. The van der Waals surface area contributed by atoms with Gasteiger partial charge in [0.15, 0.2) is 5.69 Å². The Bertz CT molecular complexity index is 616. The number of aromatic nitrogens is 2. The molecule has 1 aromatic carbocycles. The SMILES string of the molecule is CNc1nc(Nc2cccc(I)c2)cc(C(F)(F)F)n1. The Balaban J connectivity index is 2.36. The van der Waals surface area contributed by atoms with Crippen LogP contribution in [-0.4, -0.2) is 17.0 Å². The molecule has 0 saturated carbocycles. The molecule has 0 bridgehead atoms. The van der Waals surface area contributed by atoms with E-state index < -0.39 is 11.9 Å². The quantitative estimate of drug-likeness (QED) is 0.776. The van der Waals surface area contributed by atoms with E-state index in [0.29, 0.717) is 5.69 Å². The molecule has 106 valence electrons. The van der Waals surface area contributed by atoms with Gasteiger partial charge < -0.3 is 10.6 Å². The van der Waals surface area contributed by atoms with Crippen molar-refractivity contribution in [1.82, 2.24) is 9.97 Å². The molecule has 0 amide bonds. The Morgan fingerprint density at radius 3 is 2.50 bits per heavy atom. The minimum Gasteiger partial charge on any atom is -0.357 e. The van der Waals surface area contributed by atoms with Gasteiger partial charge in [-0.05, 0) is 40.8 Å². The molecule has 0 atom stereocenters. The molecule has 1 aromatic heterocycles. The Labute approximate surface area is 127 Å². The van der Waals surface area contributed by atoms with Crippen molar-refractivity contribution in [2.45, 2.75) is 6.18 Å². The first-order chi connectivity index (χ1) is 9.38. The molecule has 4 nitrogen and oxygen atoms in total. The second-order valence-electron chi connectivity index (χ2n) is 3.85. The number of nitrogens with zero attached hydrogens (tertiary/aromatic N) is 2. The second-order valence-corrected chi connectivity index (χ2v) is 5.09. The highest BCUT2D eigenvalue weighted by Gasteiger charge is 2.33. The fourth-order valence-corrected chi connectivity index (χ4v) is 2.03. The Hall–Kier alpha value is -1.58. The molecular weight excluding hydrogens is 384 g/mol. The second kappa shape index (κ2) is 5.81. The fourth-order valence-electron chi connectivity index (χ4n) is 1.48. The van der Waals surface area contributed by atoms with Crippen molar-refractivity contribution in [2.75, 3.05) is 17.7 Å². The van der Waals surface area contributed by atoms with Crippen LogP contribution in [0.1, 0.15) is 5.69 Å². The van der Waals surface area contributed by atoms with Crippen LogP contribution < -0.4 is 10.6 Å². The number of nitrogens with one attached hydrogen (secondary N) is 2. The summed E-state index contributed by atoms with van der Waals surface area (Å²) in [4.78, 5) is 7.35. The maximum Gasteiger partial charge on any atom is 0.433 e.